The topological polar surface area (TPSA) is 47.9 Å². The third-order valence-electron chi connectivity index (χ3n) is 2.51. The van der Waals surface area contributed by atoms with Gasteiger partial charge in [0.1, 0.15) is 18.3 Å². The highest BCUT2D eigenvalue weighted by atomic mass is 32.2. The van der Waals surface area contributed by atoms with Gasteiger partial charge in [-0.3, -0.25) is 0 Å². The Morgan fingerprint density at radius 3 is 3.00 bits per heavy atom. The molecule has 1 aliphatic carbocycles. The summed E-state index contributed by atoms with van der Waals surface area (Å²) < 4.78 is 16.3. The quantitative estimate of drug-likeness (QED) is 0.434. The Bertz CT molecular complexity index is 281. The van der Waals surface area contributed by atoms with Gasteiger partial charge >= 0.3 is 0 Å². The van der Waals surface area contributed by atoms with Gasteiger partial charge in [-0.1, -0.05) is 11.9 Å². The minimum Gasteiger partial charge on any atom is -0.386 e. The van der Waals surface area contributed by atoms with E-state index < -0.39 is 11.9 Å². The zero-order valence-corrected chi connectivity index (χ0v) is 9.49. The van der Waals surface area contributed by atoms with E-state index in [2.05, 4.69) is 0 Å². The minimum absolute atomic E-state index is 0.220. The average molecular weight is 228 g/mol. The van der Waals surface area contributed by atoms with E-state index in [1.165, 1.54) is 0 Å². The van der Waals surface area contributed by atoms with Crippen molar-refractivity contribution >= 4 is 19.0 Å². The lowest BCUT2D eigenvalue weighted by molar-refractivity contribution is -0.153. The number of hydrogen-bond acceptors (Lipinski definition) is 5. The monoisotopic (exact) mass is 228 g/mol. The van der Waals surface area contributed by atoms with Crippen LogP contribution in [0.15, 0.2) is 11.6 Å². The molecule has 82 valence electrons. The molecule has 4 nitrogen and oxygen atoms in total. The van der Waals surface area contributed by atoms with Crippen LogP contribution in [0.5, 0.6) is 0 Å². The van der Waals surface area contributed by atoms with Gasteiger partial charge in [0.15, 0.2) is 5.79 Å². The van der Waals surface area contributed by atoms with Crippen LogP contribution in [-0.4, -0.2) is 42.9 Å². The van der Waals surface area contributed by atoms with Crippen molar-refractivity contribution in [2.45, 2.75) is 37.9 Å². The summed E-state index contributed by atoms with van der Waals surface area (Å²) >= 11 is 0.805. The van der Waals surface area contributed by atoms with E-state index in [-0.39, 0.29) is 12.2 Å². The van der Waals surface area contributed by atoms with Gasteiger partial charge in [0.05, 0.1) is 6.61 Å². The van der Waals surface area contributed by atoms with Crippen LogP contribution >= 0.6 is 11.9 Å². The maximum Gasteiger partial charge on any atom is 0.203 e. The fourth-order valence-corrected chi connectivity index (χ4v) is 2.17. The summed E-state index contributed by atoms with van der Waals surface area (Å²) in [5, 5.41) is 9.73. The number of ether oxygens (including phenoxy) is 2. The third-order valence-corrected chi connectivity index (χ3v) is 2.76. The van der Waals surface area contributed by atoms with Crippen molar-refractivity contribution in [2.24, 2.45) is 0 Å². The Morgan fingerprint density at radius 1 is 1.60 bits per heavy atom. The summed E-state index contributed by atoms with van der Waals surface area (Å²) in [7, 11) is 5.16. The Labute approximate surface area is 94.5 Å². The molecule has 0 aromatic heterocycles. The smallest absolute Gasteiger partial charge is 0.203 e. The molecular formula is C9H13BO4S. The summed E-state index contributed by atoms with van der Waals surface area (Å²) in [5.41, 5.74) is 0.885. The lowest BCUT2D eigenvalue weighted by atomic mass is 10.1. The first kappa shape index (κ1) is 11.5. The molecule has 0 aromatic rings. The Hall–Kier alpha value is -0.00506. The molecule has 1 fully saturated rings. The van der Waals surface area contributed by atoms with E-state index in [1.54, 1.807) is 6.08 Å². The van der Waals surface area contributed by atoms with Crippen LogP contribution < -0.4 is 0 Å². The standard InChI is InChI=1S/C9H13BO4S/c1-9(2)13-7-5(4-12-15-10)3-6(11)8(7)14-9/h3,6-8,11H,4H2,1-2H3. The second kappa shape index (κ2) is 4.10. The number of aliphatic hydroxyl groups is 1. The molecule has 1 heterocycles. The Balaban J connectivity index is 2.05. The van der Waals surface area contributed by atoms with Gasteiger partial charge in [0, 0.05) is 0 Å². The van der Waals surface area contributed by atoms with Gasteiger partial charge in [-0.05, 0) is 25.5 Å². The van der Waals surface area contributed by atoms with E-state index in [0.717, 1.165) is 17.5 Å². The molecule has 1 aliphatic heterocycles. The highest BCUT2D eigenvalue weighted by molar-refractivity contribution is 8.15. The molecule has 0 spiro atoms. The number of rotatable bonds is 3. The molecule has 0 amide bonds. The summed E-state index contributed by atoms with van der Waals surface area (Å²) in [5.74, 6) is -0.647. The van der Waals surface area contributed by atoms with E-state index in [0.29, 0.717) is 6.61 Å². The largest absolute Gasteiger partial charge is 0.386 e. The third kappa shape index (κ3) is 2.24. The van der Waals surface area contributed by atoms with E-state index >= 15 is 0 Å². The van der Waals surface area contributed by atoms with Gasteiger partial charge < -0.3 is 18.8 Å². The summed E-state index contributed by atoms with van der Waals surface area (Å²) in [4.78, 5) is 0. The fraction of sp³-hybridized carbons (Fsp3) is 0.778. The fourth-order valence-electron chi connectivity index (χ4n) is 1.97. The SMILES string of the molecule is [B]SOCC1=CC(O)C2OC(C)(C)OC12. The van der Waals surface area contributed by atoms with E-state index in [9.17, 15) is 5.11 Å². The zero-order chi connectivity index (χ0) is 11.1. The lowest BCUT2D eigenvalue weighted by Gasteiger charge is -2.18. The van der Waals surface area contributed by atoms with Crippen molar-refractivity contribution in [3.05, 3.63) is 11.6 Å². The molecule has 3 unspecified atom stereocenters. The second-order valence-corrected chi connectivity index (χ2v) is 4.54. The first-order valence-electron chi connectivity index (χ1n) is 4.76. The number of fused-ring (bicyclic) bond motifs is 1. The van der Waals surface area contributed by atoms with Crippen molar-refractivity contribution in [1.29, 1.82) is 0 Å². The molecule has 1 N–H and O–H groups in total. The molecule has 2 aliphatic rings. The predicted octanol–water partition coefficient (Wildman–Crippen LogP) is 0.556. The van der Waals surface area contributed by atoms with E-state index in [1.807, 2.05) is 13.8 Å². The van der Waals surface area contributed by atoms with Gasteiger partial charge in [0.25, 0.3) is 0 Å². The molecule has 15 heavy (non-hydrogen) atoms. The molecular weight excluding hydrogens is 215 g/mol. The summed E-state index contributed by atoms with van der Waals surface area (Å²) in [6.45, 7) is 4.00. The molecule has 0 aromatic carbocycles. The molecule has 3 atom stereocenters. The van der Waals surface area contributed by atoms with E-state index in [4.69, 9.17) is 20.8 Å². The predicted molar refractivity (Wildman–Crippen MR) is 57.2 cm³/mol. The van der Waals surface area contributed by atoms with Gasteiger partial charge in [-0.15, -0.1) is 0 Å². The Kier molecular flexibility index (Phi) is 3.14. The van der Waals surface area contributed by atoms with Crippen LogP contribution in [0.2, 0.25) is 0 Å². The number of hydrogen-bond donors (Lipinski definition) is 1. The van der Waals surface area contributed by atoms with Crippen LogP contribution in [-0.2, 0) is 13.7 Å². The zero-order valence-electron chi connectivity index (χ0n) is 8.67. The van der Waals surface area contributed by atoms with Gasteiger partial charge in [-0.2, -0.15) is 0 Å². The summed E-state index contributed by atoms with van der Waals surface area (Å²) in [6.07, 6.45) is 0.544. The van der Waals surface area contributed by atoms with Crippen molar-refractivity contribution < 1.29 is 18.8 Å². The first-order valence-corrected chi connectivity index (χ1v) is 5.56. The molecule has 2 rings (SSSR count). The van der Waals surface area contributed by atoms with Crippen molar-refractivity contribution in [3.63, 3.8) is 0 Å². The molecule has 6 heteroatoms. The summed E-state index contributed by atoms with van der Waals surface area (Å²) in [6, 6.07) is 0. The normalized spacial score (nSPS) is 37.8. The maximum absolute atomic E-state index is 9.73. The highest BCUT2D eigenvalue weighted by Crippen LogP contribution is 2.38. The van der Waals surface area contributed by atoms with Crippen LogP contribution in [0.1, 0.15) is 13.8 Å². The number of aliphatic hydroxyl groups excluding tert-OH is 1. The van der Waals surface area contributed by atoms with Crippen LogP contribution in [0.3, 0.4) is 0 Å². The van der Waals surface area contributed by atoms with Crippen molar-refractivity contribution in [3.8, 4) is 0 Å². The van der Waals surface area contributed by atoms with Crippen molar-refractivity contribution in [1.82, 2.24) is 0 Å². The maximum atomic E-state index is 9.73. The van der Waals surface area contributed by atoms with Crippen LogP contribution in [0.4, 0.5) is 0 Å². The van der Waals surface area contributed by atoms with Gasteiger partial charge in [0.2, 0.25) is 7.12 Å². The Morgan fingerprint density at radius 2 is 2.33 bits per heavy atom. The van der Waals surface area contributed by atoms with Crippen LogP contribution in [0.25, 0.3) is 0 Å². The minimum atomic E-state index is -0.647. The van der Waals surface area contributed by atoms with Crippen molar-refractivity contribution in [2.75, 3.05) is 6.61 Å². The molecule has 1 saturated heterocycles. The second-order valence-electron chi connectivity index (χ2n) is 4.11. The average Bonchev–Trinajstić information content (AvgIpc) is 2.60. The molecule has 2 radical (unpaired) electrons. The first-order chi connectivity index (χ1) is 7.03. The van der Waals surface area contributed by atoms with Gasteiger partial charge in [-0.25, -0.2) is 0 Å². The molecule has 0 bridgehead atoms. The van der Waals surface area contributed by atoms with Crippen LogP contribution in [0, 0.1) is 0 Å². The highest BCUT2D eigenvalue weighted by Gasteiger charge is 2.49. The lowest BCUT2D eigenvalue weighted by Crippen LogP contribution is -2.29. The molecule has 0 saturated carbocycles.